The predicted octanol–water partition coefficient (Wildman–Crippen LogP) is 4.98. The molecule has 8 heteroatoms. The van der Waals surface area contributed by atoms with Gasteiger partial charge in [-0.1, -0.05) is 53.7 Å². The predicted molar refractivity (Wildman–Crippen MR) is 132 cm³/mol. The summed E-state index contributed by atoms with van der Waals surface area (Å²) >= 11 is 1.30. The second-order valence-corrected chi connectivity index (χ2v) is 8.55. The topological polar surface area (TPSA) is 76.0 Å². The summed E-state index contributed by atoms with van der Waals surface area (Å²) in [6, 6.07) is 21.0. The van der Waals surface area contributed by atoms with E-state index in [2.05, 4.69) is 15.6 Å². The fraction of sp³-hybridized carbons (Fsp3) is 0.115. The Hall–Kier alpha value is -3.91. The summed E-state index contributed by atoms with van der Waals surface area (Å²) in [5.41, 5.74) is 3.46. The molecule has 6 nitrogen and oxygen atoms in total. The molecule has 172 valence electrons. The minimum atomic E-state index is -0.358. The molecule has 2 N–H and O–H groups in total. The van der Waals surface area contributed by atoms with Gasteiger partial charge < -0.3 is 10.6 Å². The Balaban J connectivity index is 1.39. The number of hydrogen-bond donors (Lipinski definition) is 2. The average molecular weight is 475 g/mol. The van der Waals surface area contributed by atoms with Gasteiger partial charge >= 0.3 is 0 Å². The number of halogens is 1. The van der Waals surface area contributed by atoms with E-state index in [4.69, 9.17) is 0 Å². The molecule has 0 unspecified atom stereocenters. The van der Waals surface area contributed by atoms with Crippen LogP contribution in [0.5, 0.6) is 0 Å². The summed E-state index contributed by atoms with van der Waals surface area (Å²) < 4.78 is 15.6. The summed E-state index contributed by atoms with van der Waals surface area (Å²) in [6.07, 6.45) is 3.42. The molecule has 2 amide bonds. The largest absolute Gasteiger partial charge is 0.348 e. The Bertz CT molecular complexity index is 1300. The number of imidazole rings is 1. The van der Waals surface area contributed by atoms with E-state index in [9.17, 15) is 14.0 Å². The Kier molecular flexibility index (Phi) is 7.39. The number of nitrogens with zero attached hydrogens (tertiary/aromatic N) is 2. The van der Waals surface area contributed by atoms with Crippen molar-refractivity contribution in [1.82, 2.24) is 14.9 Å². The Labute approximate surface area is 201 Å². The van der Waals surface area contributed by atoms with Crippen molar-refractivity contribution in [2.24, 2.45) is 0 Å². The summed E-state index contributed by atoms with van der Waals surface area (Å²) in [4.78, 5) is 29.3. The zero-order valence-corrected chi connectivity index (χ0v) is 19.3. The number of rotatable bonds is 8. The van der Waals surface area contributed by atoms with Gasteiger partial charge in [-0.2, -0.15) is 0 Å². The van der Waals surface area contributed by atoms with Crippen molar-refractivity contribution in [1.29, 1.82) is 0 Å². The number of aromatic nitrogens is 2. The lowest BCUT2D eigenvalue weighted by atomic mass is 10.1. The number of benzene rings is 3. The Morgan fingerprint density at radius 2 is 1.82 bits per heavy atom. The standard InChI is InChI=1S/C26H23FN4O2S/c1-18-9-11-21(12-10-18)30-24(32)17-34-26-28-13-14-31(26)22-7-4-6-19(15-22)25(33)29-16-20-5-2-3-8-23(20)27/h2-15H,16-17H2,1H3,(H,29,33)(H,30,32). The number of hydrogen-bond acceptors (Lipinski definition) is 4. The molecule has 0 radical (unpaired) electrons. The summed E-state index contributed by atoms with van der Waals surface area (Å²) in [7, 11) is 0. The molecule has 4 aromatic rings. The third-order valence-corrected chi connectivity index (χ3v) is 6.03. The van der Waals surface area contributed by atoms with Crippen molar-refractivity contribution >= 4 is 29.3 Å². The quantitative estimate of drug-likeness (QED) is 0.353. The Morgan fingerprint density at radius 3 is 2.62 bits per heavy atom. The van der Waals surface area contributed by atoms with Gasteiger partial charge in [-0.25, -0.2) is 9.37 Å². The molecule has 0 atom stereocenters. The average Bonchev–Trinajstić information content (AvgIpc) is 3.32. The number of carbonyl (C=O) groups excluding carboxylic acids is 2. The first-order chi connectivity index (χ1) is 16.5. The van der Waals surface area contributed by atoms with Gasteiger partial charge in [0, 0.05) is 41.4 Å². The van der Waals surface area contributed by atoms with Crippen molar-refractivity contribution < 1.29 is 14.0 Å². The zero-order valence-electron chi connectivity index (χ0n) is 18.5. The molecular weight excluding hydrogens is 451 g/mol. The van der Waals surface area contributed by atoms with E-state index in [-0.39, 0.29) is 29.9 Å². The molecule has 0 bridgehead atoms. The molecule has 1 heterocycles. The van der Waals surface area contributed by atoms with E-state index in [1.807, 2.05) is 41.8 Å². The highest BCUT2D eigenvalue weighted by Gasteiger charge is 2.12. The minimum absolute atomic E-state index is 0.0952. The molecular formula is C26H23FN4O2S. The van der Waals surface area contributed by atoms with E-state index in [1.54, 1.807) is 48.8 Å². The van der Waals surface area contributed by atoms with Crippen LogP contribution < -0.4 is 10.6 Å². The van der Waals surface area contributed by atoms with Crippen LogP contribution in [0.2, 0.25) is 0 Å². The van der Waals surface area contributed by atoms with Crippen molar-refractivity contribution in [3.05, 3.63) is 108 Å². The fourth-order valence-electron chi connectivity index (χ4n) is 3.27. The first-order valence-electron chi connectivity index (χ1n) is 10.6. The maximum absolute atomic E-state index is 13.8. The molecule has 0 spiro atoms. The lowest BCUT2D eigenvalue weighted by Crippen LogP contribution is -2.23. The van der Waals surface area contributed by atoms with Crippen LogP contribution in [0.1, 0.15) is 21.5 Å². The van der Waals surface area contributed by atoms with Gasteiger partial charge in [0.25, 0.3) is 5.91 Å². The molecule has 0 saturated heterocycles. The molecule has 3 aromatic carbocycles. The van der Waals surface area contributed by atoms with Crippen molar-refractivity contribution in [2.45, 2.75) is 18.6 Å². The number of amides is 2. The summed E-state index contributed by atoms with van der Waals surface area (Å²) in [6.45, 7) is 2.08. The molecule has 0 fully saturated rings. The fourth-order valence-corrected chi connectivity index (χ4v) is 4.05. The summed E-state index contributed by atoms with van der Waals surface area (Å²) in [5, 5.41) is 6.25. The van der Waals surface area contributed by atoms with Crippen LogP contribution in [-0.2, 0) is 11.3 Å². The van der Waals surface area contributed by atoms with Gasteiger partial charge in [-0.3, -0.25) is 14.2 Å². The van der Waals surface area contributed by atoms with Gasteiger partial charge in [0.15, 0.2) is 5.16 Å². The second kappa shape index (κ2) is 10.8. The van der Waals surface area contributed by atoms with E-state index in [0.29, 0.717) is 16.3 Å². The molecule has 0 aliphatic carbocycles. The van der Waals surface area contributed by atoms with Crippen molar-refractivity contribution in [3.8, 4) is 5.69 Å². The Morgan fingerprint density at radius 1 is 1.03 bits per heavy atom. The third-order valence-electron chi connectivity index (χ3n) is 5.06. The van der Waals surface area contributed by atoms with Crippen LogP contribution in [0.4, 0.5) is 10.1 Å². The molecule has 0 saturated carbocycles. The first kappa shape index (κ1) is 23.3. The number of thioether (sulfide) groups is 1. The number of nitrogens with one attached hydrogen (secondary N) is 2. The number of anilines is 1. The van der Waals surface area contributed by atoms with Crippen molar-refractivity contribution in [2.75, 3.05) is 11.1 Å². The smallest absolute Gasteiger partial charge is 0.251 e. The number of aryl methyl sites for hydroxylation is 1. The highest BCUT2D eigenvalue weighted by molar-refractivity contribution is 7.99. The molecule has 4 rings (SSSR count). The van der Waals surface area contributed by atoms with E-state index < -0.39 is 0 Å². The molecule has 34 heavy (non-hydrogen) atoms. The van der Waals surface area contributed by atoms with Crippen LogP contribution in [0, 0.1) is 12.7 Å². The van der Waals surface area contributed by atoms with Crippen LogP contribution in [0.25, 0.3) is 5.69 Å². The van der Waals surface area contributed by atoms with Crippen LogP contribution in [0.15, 0.2) is 90.3 Å². The van der Waals surface area contributed by atoms with Crippen LogP contribution >= 0.6 is 11.8 Å². The first-order valence-corrected chi connectivity index (χ1v) is 11.6. The lowest BCUT2D eigenvalue weighted by molar-refractivity contribution is -0.113. The highest BCUT2D eigenvalue weighted by atomic mass is 32.2. The van der Waals surface area contributed by atoms with Gasteiger partial charge in [-0.05, 0) is 43.3 Å². The maximum Gasteiger partial charge on any atom is 0.251 e. The van der Waals surface area contributed by atoms with Gasteiger partial charge in [0.05, 0.1) is 5.75 Å². The van der Waals surface area contributed by atoms with E-state index in [1.165, 1.54) is 17.8 Å². The molecule has 0 aliphatic heterocycles. The third kappa shape index (κ3) is 5.90. The van der Waals surface area contributed by atoms with E-state index in [0.717, 1.165) is 16.9 Å². The van der Waals surface area contributed by atoms with E-state index >= 15 is 0 Å². The van der Waals surface area contributed by atoms with Crippen LogP contribution in [-0.4, -0.2) is 27.1 Å². The lowest BCUT2D eigenvalue weighted by Gasteiger charge is -2.10. The zero-order chi connectivity index (χ0) is 23.9. The van der Waals surface area contributed by atoms with Crippen LogP contribution in [0.3, 0.4) is 0 Å². The molecule has 0 aliphatic rings. The normalized spacial score (nSPS) is 10.6. The minimum Gasteiger partial charge on any atom is -0.348 e. The molecule has 1 aromatic heterocycles. The monoisotopic (exact) mass is 474 g/mol. The van der Waals surface area contributed by atoms with Gasteiger partial charge in [0.1, 0.15) is 5.82 Å². The highest BCUT2D eigenvalue weighted by Crippen LogP contribution is 2.22. The SMILES string of the molecule is Cc1ccc(NC(=O)CSc2nccn2-c2cccc(C(=O)NCc3ccccc3F)c2)cc1. The second-order valence-electron chi connectivity index (χ2n) is 7.61. The van der Waals surface area contributed by atoms with Gasteiger partial charge in [0.2, 0.25) is 5.91 Å². The number of carbonyl (C=O) groups is 2. The maximum atomic E-state index is 13.8. The summed E-state index contributed by atoms with van der Waals surface area (Å²) in [5.74, 6) is -0.613. The van der Waals surface area contributed by atoms with Gasteiger partial charge in [-0.15, -0.1) is 0 Å². The van der Waals surface area contributed by atoms with Crippen molar-refractivity contribution in [3.63, 3.8) is 0 Å².